The number of nitrogens with zero attached hydrogens (tertiary/aromatic N) is 1. The minimum atomic E-state index is -4.15. The average molecular weight is 459 g/mol. The molecule has 0 spiro atoms. The molecule has 0 bridgehead atoms. The molecule has 1 aliphatic heterocycles. The standard InChI is InChI=1S/C18H17BrF2N2O3S/c19-13-2-1-3-15(10-13)22-18(24)12-6-8-23(9-7-12)27(25,26)17-11-14(20)4-5-16(17)21/h1-5,10-12H,6-9H2,(H,22,24). The Hall–Kier alpha value is -1.84. The van der Waals surface area contributed by atoms with Crippen molar-refractivity contribution in [2.24, 2.45) is 5.92 Å². The van der Waals surface area contributed by atoms with Gasteiger partial charge in [0.1, 0.15) is 16.5 Å². The largest absolute Gasteiger partial charge is 0.326 e. The zero-order chi connectivity index (χ0) is 19.6. The van der Waals surface area contributed by atoms with E-state index < -0.39 is 26.6 Å². The molecule has 0 aliphatic carbocycles. The molecule has 1 aliphatic rings. The van der Waals surface area contributed by atoms with Crippen molar-refractivity contribution in [3.8, 4) is 0 Å². The van der Waals surface area contributed by atoms with E-state index in [0.717, 1.165) is 20.9 Å². The molecule has 1 fully saturated rings. The van der Waals surface area contributed by atoms with Crippen molar-refractivity contribution in [1.82, 2.24) is 4.31 Å². The van der Waals surface area contributed by atoms with E-state index in [-0.39, 0.29) is 24.9 Å². The van der Waals surface area contributed by atoms with E-state index >= 15 is 0 Å². The van der Waals surface area contributed by atoms with Crippen LogP contribution < -0.4 is 5.32 Å². The second-order valence-corrected chi connectivity index (χ2v) is 9.07. The molecule has 2 aromatic rings. The number of carbonyl (C=O) groups excluding carboxylic acids is 1. The normalized spacial score (nSPS) is 16.3. The predicted molar refractivity (Wildman–Crippen MR) is 101 cm³/mol. The minimum absolute atomic E-state index is 0.0643. The van der Waals surface area contributed by atoms with Gasteiger partial charge in [-0.25, -0.2) is 17.2 Å². The summed E-state index contributed by atoms with van der Waals surface area (Å²) in [5.41, 5.74) is 0.645. The summed E-state index contributed by atoms with van der Waals surface area (Å²) >= 11 is 3.33. The molecule has 0 unspecified atom stereocenters. The fourth-order valence-electron chi connectivity index (χ4n) is 2.98. The molecule has 144 valence electrons. The van der Waals surface area contributed by atoms with Gasteiger partial charge in [0, 0.05) is 29.2 Å². The van der Waals surface area contributed by atoms with Crippen molar-refractivity contribution in [2.45, 2.75) is 17.7 Å². The molecule has 3 rings (SSSR count). The van der Waals surface area contributed by atoms with E-state index in [1.54, 1.807) is 18.2 Å². The van der Waals surface area contributed by atoms with Crippen LogP contribution >= 0.6 is 15.9 Å². The van der Waals surface area contributed by atoms with Gasteiger partial charge >= 0.3 is 0 Å². The summed E-state index contributed by atoms with van der Waals surface area (Å²) in [4.78, 5) is 11.7. The molecule has 1 N–H and O–H groups in total. The van der Waals surface area contributed by atoms with Crippen molar-refractivity contribution in [1.29, 1.82) is 0 Å². The topological polar surface area (TPSA) is 66.5 Å². The second-order valence-electron chi connectivity index (χ2n) is 6.25. The van der Waals surface area contributed by atoms with Gasteiger partial charge in [0.2, 0.25) is 15.9 Å². The monoisotopic (exact) mass is 458 g/mol. The lowest BCUT2D eigenvalue weighted by Gasteiger charge is -2.30. The van der Waals surface area contributed by atoms with Crippen molar-refractivity contribution in [3.63, 3.8) is 0 Å². The molecular formula is C18H17BrF2N2O3S. The maximum Gasteiger partial charge on any atom is 0.246 e. The Kier molecular flexibility index (Phi) is 5.92. The van der Waals surface area contributed by atoms with E-state index in [4.69, 9.17) is 0 Å². The summed E-state index contributed by atoms with van der Waals surface area (Å²) < 4.78 is 54.3. The van der Waals surface area contributed by atoms with Crippen LogP contribution in [0, 0.1) is 17.6 Å². The summed E-state index contributed by atoms with van der Waals surface area (Å²) in [6.45, 7) is 0.129. The Morgan fingerprint density at radius 1 is 1.11 bits per heavy atom. The molecule has 1 saturated heterocycles. The number of hydrogen-bond acceptors (Lipinski definition) is 3. The first-order valence-corrected chi connectivity index (χ1v) is 10.5. The Balaban J connectivity index is 1.66. The third kappa shape index (κ3) is 4.53. The van der Waals surface area contributed by atoms with Crippen LogP contribution in [0.5, 0.6) is 0 Å². The molecule has 0 saturated carbocycles. The number of carbonyl (C=O) groups is 1. The zero-order valence-corrected chi connectivity index (χ0v) is 16.6. The van der Waals surface area contributed by atoms with Crippen LogP contribution in [0.4, 0.5) is 14.5 Å². The molecule has 9 heteroatoms. The van der Waals surface area contributed by atoms with Crippen LogP contribution in [0.3, 0.4) is 0 Å². The van der Waals surface area contributed by atoms with Crippen LogP contribution in [-0.4, -0.2) is 31.7 Å². The predicted octanol–water partition coefficient (Wildman–Crippen LogP) is 3.77. The summed E-state index contributed by atoms with van der Waals surface area (Å²) in [5, 5.41) is 2.81. The SMILES string of the molecule is O=C(Nc1cccc(Br)c1)C1CCN(S(=O)(=O)c2cc(F)ccc2F)CC1. The zero-order valence-electron chi connectivity index (χ0n) is 14.2. The van der Waals surface area contributed by atoms with Crippen molar-refractivity contribution in [3.05, 3.63) is 58.6 Å². The molecule has 27 heavy (non-hydrogen) atoms. The molecule has 1 amide bonds. The minimum Gasteiger partial charge on any atom is -0.326 e. The molecule has 0 radical (unpaired) electrons. The van der Waals surface area contributed by atoms with E-state index in [1.807, 2.05) is 6.07 Å². The summed E-state index contributed by atoms with van der Waals surface area (Å²) in [6, 6.07) is 9.50. The highest BCUT2D eigenvalue weighted by Crippen LogP contribution is 2.27. The first kappa shape index (κ1) is 19.9. The number of amides is 1. The number of piperidine rings is 1. The fraction of sp³-hybridized carbons (Fsp3) is 0.278. The van der Waals surface area contributed by atoms with E-state index in [2.05, 4.69) is 21.2 Å². The maximum atomic E-state index is 13.9. The number of benzene rings is 2. The van der Waals surface area contributed by atoms with Crippen LogP contribution in [-0.2, 0) is 14.8 Å². The maximum absolute atomic E-state index is 13.9. The Morgan fingerprint density at radius 2 is 1.81 bits per heavy atom. The number of anilines is 1. The second kappa shape index (κ2) is 8.04. The lowest BCUT2D eigenvalue weighted by atomic mass is 9.97. The number of hydrogen-bond donors (Lipinski definition) is 1. The number of sulfonamides is 1. The summed E-state index contributed by atoms with van der Waals surface area (Å²) in [6.07, 6.45) is 0.603. The molecule has 0 atom stereocenters. The van der Waals surface area contributed by atoms with Crippen LogP contribution in [0.25, 0.3) is 0 Å². The van der Waals surface area contributed by atoms with Gasteiger partial charge in [-0.15, -0.1) is 0 Å². The lowest BCUT2D eigenvalue weighted by molar-refractivity contribution is -0.120. The third-order valence-electron chi connectivity index (χ3n) is 4.43. The smallest absolute Gasteiger partial charge is 0.246 e. The number of nitrogens with one attached hydrogen (secondary N) is 1. The first-order chi connectivity index (χ1) is 12.8. The van der Waals surface area contributed by atoms with E-state index in [9.17, 15) is 22.0 Å². The van der Waals surface area contributed by atoms with Crippen molar-refractivity contribution >= 4 is 37.5 Å². The van der Waals surface area contributed by atoms with Gasteiger partial charge in [0.15, 0.2) is 0 Å². The van der Waals surface area contributed by atoms with Gasteiger partial charge in [-0.1, -0.05) is 22.0 Å². The van der Waals surface area contributed by atoms with E-state index in [1.165, 1.54) is 0 Å². The highest BCUT2D eigenvalue weighted by molar-refractivity contribution is 9.10. The molecule has 1 heterocycles. The fourth-order valence-corrected chi connectivity index (χ4v) is 4.93. The van der Waals surface area contributed by atoms with Crippen molar-refractivity contribution < 1.29 is 22.0 Å². The number of halogens is 3. The van der Waals surface area contributed by atoms with Crippen LogP contribution in [0.1, 0.15) is 12.8 Å². The Bertz CT molecular complexity index is 961. The van der Waals surface area contributed by atoms with Crippen molar-refractivity contribution in [2.75, 3.05) is 18.4 Å². The summed E-state index contributed by atoms with van der Waals surface area (Å²) in [5.74, 6) is -2.36. The third-order valence-corrected chi connectivity index (χ3v) is 6.83. The highest BCUT2D eigenvalue weighted by Gasteiger charge is 2.33. The van der Waals surface area contributed by atoms with Gasteiger partial charge in [0.25, 0.3) is 0 Å². The van der Waals surface area contributed by atoms with E-state index in [0.29, 0.717) is 24.6 Å². The summed E-state index contributed by atoms with van der Waals surface area (Å²) in [7, 11) is -4.15. The quantitative estimate of drug-likeness (QED) is 0.758. The number of rotatable bonds is 4. The first-order valence-electron chi connectivity index (χ1n) is 8.29. The molecule has 5 nitrogen and oxygen atoms in total. The van der Waals surface area contributed by atoms with Crippen LogP contribution in [0.2, 0.25) is 0 Å². The van der Waals surface area contributed by atoms with Gasteiger partial charge in [-0.2, -0.15) is 4.31 Å². The van der Waals surface area contributed by atoms with Gasteiger partial charge in [0.05, 0.1) is 0 Å². The highest BCUT2D eigenvalue weighted by atomic mass is 79.9. The van der Waals surface area contributed by atoms with Gasteiger partial charge < -0.3 is 5.32 Å². The van der Waals surface area contributed by atoms with Gasteiger partial charge in [-0.05, 0) is 49.2 Å². The van der Waals surface area contributed by atoms with Crippen LogP contribution in [0.15, 0.2) is 51.8 Å². The lowest BCUT2D eigenvalue weighted by Crippen LogP contribution is -2.41. The average Bonchev–Trinajstić information content (AvgIpc) is 2.63. The van der Waals surface area contributed by atoms with Gasteiger partial charge in [-0.3, -0.25) is 4.79 Å². The Labute approximate surface area is 164 Å². The Morgan fingerprint density at radius 3 is 2.48 bits per heavy atom. The molecule has 0 aromatic heterocycles. The molecular weight excluding hydrogens is 442 g/mol. The molecule has 2 aromatic carbocycles.